The SMILES string of the molecule is Cc1ccc(C(C)(O)CNC(=NCc2nnc(C)n2C)NC2CCOc3ccccc32)o1. The Kier molecular flexibility index (Phi) is 6.18. The van der Waals surface area contributed by atoms with Crippen LogP contribution in [0.25, 0.3) is 0 Å². The lowest BCUT2D eigenvalue weighted by Gasteiger charge is -2.29. The van der Waals surface area contributed by atoms with Gasteiger partial charge in [-0.2, -0.15) is 0 Å². The number of nitrogens with one attached hydrogen (secondary N) is 2. The molecule has 2 atom stereocenters. The van der Waals surface area contributed by atoms with Crippen LogP contribution in [0.15, 0.2) is 45.8 Å². The quantitative estimate of drug-likeness (QED) is 0.401. The number of rotatable bonds is 6. The van der Waals surface area contributed by atoms with Crippen LogP contribution in [0.2, 0.25) is 0 Å². The molecule has 3 aromatic rings. The van der Waals surface area contributed by atoms with Crippen molar-refractivity contribution in [3.05, 3.63) is 65.1 Å². The number of aliphatic imine (C=N–C) groups is 1. The van der Waals surface area contributed by atoms with E-state index in [-0.39, 0.29) is 12.6 Å². The molecule has 0 saturated heterocycles. The zero-order valence-electron chi connectivity index (χ0n) is 18.9. The van der Waals surface area contributed by atoms with Gasteiger partial charge in [0.15, 0.2) is 11.8 Å². The van der Waals surface area contributed by atoms with E-state index < -0.39 is 5.60 Å². The highest BCUT2D eigenvalue weighted by atomic mass is 16.5. The molecule has 1 aliphatic heterocycles. The molecule has 0 spiro atoms. The molecule has 32 heavy (non-hydrogen) atoms. The summed E-state index contributed by atoms with van der Waals surface area (Å²) in [5.41, 5.74) is -0.123. The van der Waals surface area contributed by atoms with Gasteiger partial charge in [0.25, 0.3) is 0 Å². The fourth-order valence-electron chi connectivity index (χ4n) is 3.62. The second-order valence-electron chi connectivity index (χ2n) is 8.30. The standard InChI is InChI=1S/C23H30N6O3/c1-15-9-10-20(32-15)23(3,30)14-25-22(24-13-21-28-27-16(2)29(21)4)26-18-11-12-31-19-8-6-5-7-17(18)19/h5-10,18,30H,11-14H2,1-4H3,(H2,24,25,26). The molecule has 1 aromatic carbocycles. The topological polar surface area (TPSA) is 110 Å². The Labute approximate surface area is 187 Å². The number of furan rings is 1. The van der Waals surface area contributed by atoms with Crippen LogP contribution in [0.4, 0.5) is 0 Å². The lowest BCUT2D eigenvalue weighted by molar-refractivity contribution is 0.0377. The van der Waals surface area contributed by atoms with Crippen LogP contribution >= 0.6 is 0 Å². The summed E-state index contributed by atoms with van der Waals surface area (Å²) in [6.07, 6.45) is 0.800. The third-order valence-corrected chi connectivity index (χ3v) is 5.70. The highest BCUT2D eigenvalue weighted by Gasteiger charge is 2.28. The Balaban J connectivity index is 1.54. The second kappa shape index (κ2) is 9.04. The summed E-state index contributed by atoms with van der Waals surface area (Å²) >= 11 is 0. The number of guanidine groups is 1. The van der Waals surface area contributed by atoms with Crippen LogP contribution in [-0.2, 0) is 19.2 Å². The predicted molar refractivity (Wildman–Crippen MR) is 120 cm³/mol. The van der Waals surface area contributed by atoms with Crippen molar-refractivity contribution in [2.24, 2.45) is 12.0 Å². The molecule has 2 unspecified atom stereocenters. The van der Waals surface area contributed by atoms with E-state index in [1.165, 1.54) is 0 Å². The van der Waals surface area contributed by atoms with Crippen LogP contribution in [0.1, 0.15) is 48.1 Å². The van der Waals surface area contributed by atoms with Gasteiger partial charge in [-0.15, -0.1) is 10.2 Å². The maximum absolute atomic E-state index is 11.0. The molecule has 9 heteroatoms. The van der Waals surface area contributed by atoms with Crippen molar-refractivity contribution < 1.29 is 14.3 Å². The van der Waals surface area contributed by atoms with Gasteiger partial charge in [-0.05, 0) is 39.0 Å². The average molecular weight is 439 g/mol. The van der Waals surface area contributed by atoms with E-state index in [9.17, 15) is 5.11 Å². The summed E-state index contributed by atoms with van der Waals surface area (Å²) in [4.78, 5) is 4.73. The van der Waals surface area contributed by atoms with Gasteiger partial charge in [0.1, 0.15) is 35.2 Å². The largest absolute Gasteiger partial charge is 0.493 e. The minimum absolute atomic E-state index is 0.0308. The van der Waals surface area contributed by atoms with Gasteiger partial charge in [0, 0.05) is 19.0 Å². The minimum atomic E-state index is -1.20. The summed E-state index contributed by atoms with van der Waals surface area (Å²) in [6, 6.07) is 11.7. The third kappa shape index (κ3) is 4.77. The molecule has 170 valence electrons. The summed E-state index contributed by atoms with van der Waals surface area (Å²) in [5.74, 6) is 4.27. The van der Waals surface area contributed by atoms with E-state index in [0.717, 1.165) is 35.1 Å². The fraction of sp³-hybridized carbons (Fsp3) is 0.435. The van der Waals surface area contributed by atoms with E-state index in [1.54, 1.807) is 13.0 Å². The van der Waals surface area contributed by atoms with Gasteiger partial charge in [0.05, 0.1) is 19.2 Å². The molecule has 0 saturated carbocycles. The molecule has 4 rings (SSSR count). The summed E-state index contributed by atoms with van der Waals surface area (Å²) < 4.78 is 13.3. The number of hydrogen-bond donors (Lipinski definition) is 3. The van der Waals surface area contributed by atoms with Crippen molar-refractivity contribution in [1.29, 1.82) is 0 Å². The maximum Gasteiger partial charge on any atom is 0.192 e. The van der Waals surface area contributed by atoms with Crippen molar-refractivity contribution in [3.8, 4) is 5.75 Å². The summed E-state index contributed by atoms with van der Waals surface area (Å²) in [5, 5.41) is 26.0. The Morgan fingerprint density at radius 2 is 2.06 bits per heavy atom. The number of aryl methyl sites for hydroxylation is 2. The number of fused-ring (bicyclic) bond motifs is 1. The fourth-order valence-corrected chi connectivity index (χ4v) is 3.62. The average Bonchev–Trinajstić information content (AvgIpc) is 3.36. The van der Waals surface area contributed by atoms with Crippen molar-refractivity contribution in [2.45, 2.75) is 45.4 Å². The number of ether oxygens (including phenoxy) is 1. The van der Waals surface area contributed by atoms with Crippen molar-refractivity contribution in [2.75, 3.05) is 13.2 Å². The number of aliphatic hydroxyl groups is 1. The predicted octanol–water partition coefficient (Wildman–Crippen LogP) is 2.49. The first-order chi connectivity index (χ1) is 15.3. The van der Waals surface area contributed by atoms with Crippen LogP contribution in [-0.4, -0.2) is 39.0 Å². The first-order valence-corrected chi connectivity index (χ1v) is 10.7. The number of benzene rings is 1. The Hall–Kier alpha value is -3.33. The first kappa shape index (κ1) is 21.9. The van der Waals surface area contributed by atoms with Gasteiger partial charge in [0.2, 0.25) is 0 Å². The molecule has 0 radical (unpaired) electrons. The molecule has 0 aliphatic carbocycles. The summed E-state index contributed by atoms with van der Waals surface area (Å²) in [6.45, 7) is 6.65. The van der Waals surface area contributed by atoms with E-state index in [1.807, 2.05) is 49.7 Å². The summed E-state index contributed by atoms with van der Waals surface area (Å²) in [7, 11) is 1.92. The lowest BCUT2D eigenvalue weighted by atomic mass is 10.0. The molecule has 2 aromatic heterocycles. The van der Waals surface area contributed by atoms with E-state index >= 15 is 0 Å². The van der Waals surface area contributed by atoms with Gasteiger partial charge < -0.3 is 29.5 Å². The van der Waals surface area contributed by atoms with Gasteiger partial charge in [-0.3, -0.25) is 0 Å². The van der Waals surface area contributed by atoms with Crippen LogP contribution in [0, 0.1) is 13.8 Å². The zero-order chi connectivity index (χ0) is 22.7. The van der Waals surface area contributed by atoms with Crippen molar-refractivity contribution >= 4 is 5.96 Å². The second-order valence-corrected chi connectivity index (χ2v) is 8.30. The maximum atomic E-state index is 11.0. The zero-order valence-corrected chi connectivity index (χ0v) is 18.9. The molecule has 0 amide bonds. The van der Waals surface area contributed by atoms with E-state index in [4.69, 9.17) is 14.1 Å². The Morgan fingerprint density at radius 3 is 2.78 bits per heavy atom. The minimum Gasteiger partial charge on any atom is -0.493 e. The molecule has 3 N–H and O–H groups in total. The number of hydrogen-bond acceptors (Lipinski definition) is 6. The number of aromatic nitrogens is 3. The van der Waals surface area contributed by atoms with E-state index in [2.05, 4.69) is 26.9 Å². The highest BCUT2D eigenvalue weighted by molar-refractivity contribution is 5.80. The normalized spacial score (nSPS) is 17.9. The molecule has 3 heterocycles. The number of para-hydroxylation sites is 1. The molecular formula is C23H30N6O3. The van der Waals surface area contributed by atoms with E-state index in [0.29, 0.717) is 24.9 Å². The molecule has 9 nitrogen and oxygen atoms in total. The van der Waals surface area contributed by atoms with Crippen LogP contribution < -0.4 is 15.4 Å². The van der Waals surface area contributed by atoms with Crippen molar-refractivity contribution in [1.82, 2.24) is 25.4 Å². The molecular weight excluding hydrogens is 408 g/mol. The smallest absolute Gasteiger partial charge is 0.192 e. The number of nitrogens with zero attached hydrogens (tertiary/aromatic N) is 4. The van der Waals surface area contributed by atoms with Crippen LogP contribution in [0.5, 0.6) is 5.75 Å². The van der Waals surface area contributed by atoms with Gasteiger partial charge >= 0.3 is 0 Å². The Morgan fingerprint density at radius 1 is 1.25 bits per heavy atom. The van der Waals surface area contributed by atoms with Crippen LogP contribution in [0.3, 0.4) is 0 Å². The molecule has 0 bridgehead atoms. The first-order valence-electron chi connectivity index (χ1n) is 10.7. The third-order valence-electron chi connectivity index (χ3n) is 5.70. The highest BCUT2D eigenvalue weighted by Crippen LogP contribution is 2.31. The van der Waals surface area contributed by atoms with Gasteiger partial charge in [-0.1, -0.05) is 18.2 Å². The lowest BCUT2D eigenvalue weighted by Crippen LogP contribution is -2.46. The Bertz CT molecular complexity index is 1100. The molecule has 0 fully saturated rings. The van der Waals surface area contributed by atoms with Gasteiger partial charge in [-0.25, -0.2) is 4.99 Å². The monoisotopic (exact) mass is 438 g/mol. The molecule has 1 aliphatic rings. The van der Waals surface area contributed by atoms with Crippen molar-refractivity contribution in [3.63, 3.8) is 0 Å².